The standard InChI is InChI=1S/C15H20F3N3O3/c1-2-5-14-6-3-7-20(14)13(24)21(12(14)23)10-4-8-19(11(10)22)9-15(16,17)18/h10H,2-9H2,1H3/t10-,14+/m0/s1. The summed E-state index contributed by atoms with van der Waals surface area (Å²) in [5, 5.41) is 0. The Morgan fingerprint density at radius 2 is 1.92 bits per heavy atom. The first kappa shape index (κ1) is 17.0. The van der Waals surface area contributed by atoms with Crippen LogP contribution >= 0.6 is 0 Å². The Morgan fingerprint density at radius 1 is 1.21 bits per heavy atom. The molecule has 0 radical (unpaired) electrons. The highest BCUT2D eigenvalue weighted by Gasteiger charge is 2.61. The summed E-state index contributed by atoms with van der Waals surface area (Å²) >= 11 is 0. The van der Waals surface area contributed by atoms with Gasteiger partial charge in [-0.3, -0.25) is 9.59 Å². The van der Waals surface area contributed by atoms with Crippen LogP contribution in [0, 0.1) is 0 Å². The van der Waals surface area contributed by atoms with Crippen LogP contribution in [0.3, 0.4) is 0 Å². The van der Waals surface area contributed by atoms with Gasteiger partial charge in [0.05, 0.1) is 0 Å². The monoisotopic (exact) mass is 347 g/mol. The Bertz CT molecular complexity index is 580. The number of hydrogen-bond donors (Lipinski definition) is 0. The second-order valence-corrected chi connectivity index (χ2v) is 6.67. The summed E-state index contributed by atoms with van der Waals surface area (Å²) in [6.07, 6.45) is -1.93. The Balaban J connectivity index is 1.82. The van der Waals surface area contributed by atoms with Crippen molar-refractivity contribution in [1.29, 1.82) is 0 Å². The van der Waals surface area contributed by atoms with E-state index in [9.17, 15) is 27.6 Å². The molecule has 0 aromatic carbocycles. The van der Waals surface area contributed by atoms with E-state index in [4.69, 9.17) is 0 Å². The van der Waals surface area contributed by atoms with Crippen molar-refractivity contribution >= 4 is 17.8 Å². The minimum absolute atomic E-state index is 0.0580. The Kier molecular flexibility index (Phi) is 4.00. The molecule has 24 heavy (non-hydrogen) atoms. The minimum atomic E-state index is -4.49. The maximum atomic E-state index is 12.9. The lowest BCUT2D eigenvalue weighted by Crippen LogP contribution is -2.49. The van der Waals surface area contributed by atoms with Crippen LogP contribution in [0.5, 0.6) is 0 Å². The van der Waals surface area contributed by atoms with E-state index in [1.807, 2.05) is 6.92 Å². The number of nitrogens with zero attached hydrogens (tertiary/aromatic N) is 3. The SMILES string of the molecule is CCC[C@]12CCCN1C(=O)N([C@H]1CCN(CC(F)(F)F)C1=O)C2=O. The van der Waals surface area contributed by atoms with Gasteiger partial charge in [-0.1, -0.05) is 13.3 Å². The van der Waals surface area contributed by atoms with Crippen LogP contribution in [0.25, 0.3) is 0 Å². The Morgan fingerprint density at radius 3 is 2.54 bits per heavy atom. The van der Waals surface area contributed by atoms with Crippen LogP contribution in [0.4, 0.5) is 18.0 Å². The molecule has 0 aromatic rings. The highest BCUT2D eigenvalue weighted by molar-refractivity contribution is 6.10. The molecule has 0 bridgehead atoms. The average molecular weight is 347 g/mol. The third-order valence-electron chi connectivity index (χ3n) is 5.16. The molecule has 0 saturated carbocycles. The number of urea groups is 1. The van der Waals surface area contributed by atoms with Crippen LogP contribution in [0.15, 0.2) is 0 Å². The molecule has 3 heterocycles. The number of amides is 4. The van der Waals surface area contributed by atoms with Crippen molar-refractivity contribution in [3.05, 3.63) is 0 Å². The molecule has 3 aliphatic heterocycles. The van der Waals surface area contributed by atoms with E-state index >= 15 is 0 Å². The summed E-state index contributed by atoms with van der Waals surface area (Å²) < 4.78 is 37.6. The molecule has 9 heteroatoms. The predicted molar refractivity (Wildman–Crippen MR) is 76.9 cm³/mol. The maximum absolute atomic E-state index is 12.9. The molecule has 134 valence electrons. The molecule has 4 amide bonds. The second kappa shape index (κ2) is 5.63. The molecule has 3 fully saturated rings. The summed E-state index contributed by atoms with van der Waals surface area (Å²) in [5.41, 5.74) is -0.899. The molecule has 2 atom stereocenters. The number of rotatable bonds is 4. The van der Waals surface area contributed by atoms with Gasteiger partial charge in [0.1, 0.15) is 18.1 Å². The van der Waals surface area contributed by atoms with Gasteiger partial charge in [0, 0.05) is 13.1 Å². The Hall–Kier alpha value is -1.80. The van der Waals surface area contributed by atoms with Crippen LogP contribution in [-0.4, -0.2) is 69.9 Å². The molecule has 0 aromatic heterocycles. The number of fused-ring (bicyclic) bond motifs is 1. The van der Waals surface area contributed by atoms with E-state index in [-0.39, 0.29) is 13.0 Å². The van der Waals surface area contributed by atoms with Crippen molar-refractivity contribution < 1.29 is 27.6 Å². The van der Waals surface area contributed by atoms with Gasteiger partial charge < -0.3 is 9.80 Å². The van der Waals surface area contributed by atoms with Crippen molar-refractivity contribution in [3.8, 4) is 0 Å². The van der Waals surface area contributed by atoms with Crippen molar-refractivity contribution in [2.45, 2.75) is 56.8 Å². The summed E-state index contributed by atoms with van der Waals surface area (Å²) in [7, 11) is 0. The first-order valence-corrected chi connectivity index (χ1v) is 8.22. The highest BCUT2D eigenvalue weighted by atomic mass is 19.4. The van der Waals surface area contributed by atoms with Crippen molar-refractivity contribution in [1.82, 2.24) is 14.7 Å². The first-order valence-electron chi connectivity index (χ1n) is 8.22. The molecule has 0 aliphatic carbocycles. The molecular formula is C15H20F3N3O3. The lowest BCUT2D eigenvalue weighted by molar-refractivity contribution is -0.159. The van der Waals surface area contributed by atoms with E-state index in [1.165, 1.54) is 4.90 Å². The average Bonchev–Trinajstić information content (AvgIpc) is 3.09. The minimum Gasteiger partial charge on any atom is -0.332 e. The smallest absolute Gasteiger partial charge is 0.332 e. The fraction of sp³-hybridized carbons (Fsp3) is 0.800. The Labute approximate surface area is 137 Å². The summed E-state index contributed by atoms with van der Waals surface area (Å²) in [5.74, 6) is -1.21. The van der Waals surface area contributed by atoms with E-state index in [0.717, 1.165) is 11.3 Å². The zero-order valence-corrected chi connectivity index (χ0v) is 13.4. The van der Waals surface area contributed by atoms with Gasteiger partial charge in [-0.25, -0.2) is 9.69 Å². The number of imide groups is 1. The van der Waals surface area contributed by atoms with Gasteiger partial charge in [0.25, 0.3) is 5.91 Å². The molecule has 0 unspecified atom stereocenters. The summed E-state index contributed by atoms with van der Waals surface area (Å²) in [6, 6.07) is -1.63. The van der Waals surface area contributed by atoms with E-state index in [2.05, 4.69) is 0 Å². The number of likely N-dealkylation sites (tertiary alicyclic amines) is 1. The largest absolute Gasteiger partial charge is 0.406 e. The molecule has 3 aliphatic rings. The lowest BCUT2D eigenvalue weighted by Gasteiger charge is -2.27. The molecular weight excluding hydrogens is 327 g/mol. The van der Waals surface area contributed by atoms with Crippen molar-refractivity contribution in [2.75, 3.05) is 19.6 Å². The molecule has 3 rings (SSSR count). The molecule has 3 saturated heterocycles. The lowest BCUT2D eigenvalue weighted by atomic mass is 9.90. The van der Waals surface area contributed by atoms with Crippen molar-refractivity contribution in [2.24, 2.45) is 0 Å². The third-order valence-corrected chi connectivity index (χ3v) is 5.16. The van der Waals surface area contributed by atoms with Gasteiger partial charge >= 0.3 is 12.2 Å². The van der Waals surface area contributed by atoms with Crippen LogP contribution in [0.2, 0.25) is 0 Å². The van der Waals surface area contributed by atoms with Crippen LogP contribution in [0.1, 0.15) is 39.0 Å². The van der Waals surface area contributed by atoms with E-state index < -0.39 is 42.1 Å². The number of alkyl halides is 3. The van der Waals surface area contributed by atoms with Crippen LogP contribution < -0.4 is 0 Å². The normalized spacial score (nSPS) is 30.8. The number of carbonyl (C=O) groups excluding carboxylic acids is 3. The van der Waals surface area contributed by atoms with Gasteiger partial charge in [-0.2, -0.15) is 13.2 Å². The van der Waals surface area contributed by atoms with Crippen LogP contribution in [-0.2, 0) is 9.59 Å². The highest BCUT2D eigenvalue weighted by Crippen LogP contribution is 2.42. The fourth-order valence-corrected chi connectivity index (χ4v) is 4.21. The van der Waals surface area contributed by atoms with Crippen molar-refractivity contribution in [3.63, 3.8) is 0 Å². The number of halogens is 3. The maximum Gasteiger partial charge on any atom is 0.406 e. The fourth-order valence-electron chi connectivity index (χ4n) is 4.21. The second-order valence-electron chi connectivity index (χ2n) is 6.67. The topological polar surface area (TPSA) is 60.9 Å². The zero-order valence-electron chi connectivity index (χ0n) is 13.4. The van der Waals surface area contributed by atoms with Gasteiger partial charge in [-0.05, 0) is 25.7 Å². The van der Waals surface area contributed by atoms with Gasteiger partial charge in [-0.15, -0.1) is 0 Å². The molecule has 0 spiro atoms. The van der Waals surface area contributed by atoms with Gasteiger partial charge in [0.2, 0.25) is 5.91 Å². The third kappa shape index (κ3) is 2.44. The molecule has 6 nitrogen and oxygen atoms in total. The molecule has 0 N–H and O–H groups in total. The first-order chi connectivity index (χ1) is 11.2. The van der Waals surface area contributed by atoms with E-state index in [1.54, 1.807) is 0 Å². The van der Waals surface area contributed by atoms with Gasteiger partial charge in [0.15, 0.2) is 0 Å². The quantitative estimate of drug-likeness (QED) is 0.728. The number of hydrogen-bond acceptors (Lipinski definition) is 3. The number of carbonyl (C=O) groups is 3. The predicted octanol–water partition coefficient (Wildman–Crippen LogP) is 1.75. The summed E-state index contributed by atoms with van der Waals surface area (Å²) in [4.78, 5) is 41.0. The summed E-state index contributed by atoms with van der Waals surface area (Å²) in [6.45, 7) is 0.926. The zero-order chi connectivity index (χ0) is 17.7. The van der Waals surface area contributed by atoms with E-state index in [0.29, 0.717) is 30.7 Å².